The smallest absolute Gasteiger partial charge is 0.342 e. The molecule has 0 spiro atoms. The van der Waals surface area contributed by atoms with Gasteiger partial charge in [0.1, 0.15) is 16.3 Å². The molecule has 0 saturated heterocycles. The van der Waals surface area contributed by atoms with Gasteiger partial charge in [0.15, 0.2) is 6.10 Å². The summed E-state index contributed by atoms with van der Waals surface area (Å²) in [5, 5.41) is 10.8. The highest BCUT2D eigenvalue weighted by molar-refractivity contribution is 7.18. The lowest BCUT2D eigenvalue weighted by Crippen LogP contribution is -2.37. The Hall–Kier alpha value is -2.93. The molecule has 0 fully saturated rings. The maximum atomic E-state index is 12.5. The number of aromatic nitrogens is 1. The summed E-state index contributed by atoms with van der Waals surface area (Å²) >= 11 is 1.52. The number of aryl methyl sites for hydroxylation is 1. The summed E-state index contributed by atoms with van der Waals surface area (Å²) in [6, 6.07) is 12.6. The Bertz CT molecular complexity index is 966. The van der Waals surface area contributed by atoms with Crippen molar-refractivity contribution in [2.24, 2.45) is 0 Å². The van der Waals surface area contributed by atoms with E-state index >= 15 is 0 Å². The lowest BCUT2D eigenvalue weighted by molar-refractivity contribution is -0.139. The third kappa shape index (κ3) is 4.09. The molecule has 0 radical (unpaired) electrons. The number of phenols is 1. The number of fused-ring (bicyclic) bond motifs is 1. The number of amides is 1. The summed E-state index contributed by atoms with van der Waals surface area (Å²) in [7, 11) is 1.64. The molecule has 1 amide bonds. The molecule has 3 aromatic rings. The zero-order chi connectivity index (χ0) is 19.6. The van der Waals surface area contributed by atoms with Gasteiger partial charge in [0, 0.05) is 7.05 Å². The van der Waals surface area contributed by atoms with Gasteiger partial charge in [0.25, 0.3) is 5.91 Å². The molecule has 0 aliphatic carbocycles. The van der Waals surface area contributed by atoms with Crippen molar-refractivity contribution in [2.45, 2.75) is 26.5 Å². The molecule has 140 valence electrons. The predicted molar refractivity (Wildman–Crippen MR) is 104 cm³/mol. The second-order valence-corrected chi connectivity index (χ2v) is 7.40. The van der Waals surface area contributed by atoms with E-state index in [-0.39, 0.29) is 17.2 Å². The van der Waals surface area contributed by atoms with E-state index in [2.05, 4.69) is 4.98 Å². The monoisotopic (exact) mass is 384 g/mol. The van der Waals surface area contributed by atoms with Crippen LogP contribution in [0.5, 0.6) is 5.75 Å². The number of para-hydroxylation sites is 2. The molecular formula is C20H20N2O4S. The van der Waals surface area contributed by atoms with Gasteiger partial charge in [-0.05, 0) is 37.6 Å². The molecule has 1 heterocycles. The number of aromatic hydroxyl groups is 1. The van der Waals surface area contributed by atoms with E-state index < -0.39 is 12.1 Å². The van der Waals surface area contributed by atoms with Gasteiger partial charge in [-0.1, -0.05) is 24.3 Å². The van der Waals surface area contributed by atoms with Crippen molar-refractivity contribution in [1.29, 1.82) is 0 Å². The minimum absolute atomic E-state index is 0.0449. The van der Waals surface area contributed by atoms with Gasteiger partial charge in [-0.25, -0.2) is 9.78 Å². The van der Waals surface area contributed by atoms with Crippen molar-refractivity contribution >= 4 is 33.4 Å². The van der Waals surface area contributed by atoms with E-state index in [0.717, 1.165) is 15.2 Å². The van der Waals surface area contributed by atoms with Crippen LogP contribution in [0.1, 0.15) is 27.9 Å². The number of thiazole rings is 1. The first-order chi connectivity index (χ1) is 12.9. The fourth-order valence-corrected chi connectivity index (χ4v) is 3.70. The number of benzene rings is 2. The molecule has 0 saturated carbocycles. The number of nitrogens with zero attached hydrogens (tertiary/aromatic N) is 2. The number of likely N-dealkylation sites (N-methyl/N-ethyl adjacent to an activating group) is 1. The molecule has 27 heavy (non-hydrogen) atoms. The number of carbonyl (C=O) groups excluding carboxylic acids is 2. The van der Waals surface area contributed by atoms with Gasteiger partial charge in [-0.2, -0.15) is 0 Å². The molecule has 6 nitrogen and oxygen atoms in total. The molecule has 0 bridgehead atoms. The van der Waals surface area contributed by atoms with Crippen LogP contribution < -0.4 is 0 Å². The van der Waals surface area contributed by atoms with Gasteiger partial charge < -0.3 is 14.7 Å². The van der Waals surface area contributed by atoms with Crippen molar-refractivity contribution in [3.63, 3.8) is 0 Å². The van der Waals surface area contributed by atoms with E-state index in [1.807, 2.05) is 24.3 Å². The third-order valence-corrected chi connectivity index (χ3v) is 5.20. The van der Waals surface area contributed by atoms with E-state index in [4.69, 9.17) is 4.74 Å². The Morgan fingerprint density at radius 1 is 1.22 bits per heavy atom. The zero-order valence-electron chi connectivity index (χ0n) is 15.3. The zero-order valence-corrected chi connectivity index (χ0v) is 16.1. The molecule has 0 aliphatic rings. The summed E-state index contributed by atoms with van der Waals surface area (Å²) in [4.78, 5) is 30.8. The minimum Gasteiger partial charge on any atom is -0.507 e. The number of hydrogen-bond acceptors (Lipinski definition) is 6. The summed E-state index contributed by atoms with van der Waals surface area (Å²) in [6.45, 7) is 3.53. The third-order valence-electron chi connectivity index (χ3n) is 4.18. The fourth-order valence-electron chi connectivity index (χ4n) is 2.68. The van der Waals surface area contributed by atoms with E-state index in [1.54, 1.807) is 26.1 Å². The number of hydrogen-bond donors (Lipinski definition) is 1. The molecule has 1 N–H and O–H groups in total. The summed E-state index contributed by atoms with van der Waals surface area (Å²) < 4.78 is 6.30. The van der Waals surface area contributed by atoms with Gasteiger partial charge in [0.2, 0.25) is 0 Å². The van der Waals surface area contributed by atoms with E-state index in [9.17, 15) is 14.7 Å². The van der Waals surface area contributed by atoms with Crippen LogP contribution in [0.25, 0.3) is 10.2 Å². The second-order valence-electron chi connectivity index (χ2n) is 6.29. The average Bonchev–Trinajstić information content (AvgIpc) is 3.05. The number of rotatable bonds is 5. The minimum atomic E-state index is -0.975. The fraction of sp³-hybridized carbons (Fsp3) is 0.250. The topological polar surface area (TPSA) is 79.7 Å². The summed E-state index contributed by atoms with van der Waals surface area (Å²) in [5.74, 6) is -1.20. The molecule has 2 aromatic carbocycles. The normalized spacial score (nSPS) is 12.0. The van der Waals surface area contributed by atoms with Gasteiger partial charge in [0.05, 0.1) is 16.8 Å². The van der Waals surface area contributed by atoms with Crippen LogP contribution >= 0.6 is 11.3 Å². The molecule has 1 atom stereocenters. The number of ether oxygens (including phenoxy) is 1. The van der Waals surface area contributed by atoms with Gasteiger partial charge in [-0.3, -0.25) is 4.79 Å². The first kappa shape index (κ1) is 18.8. The molecule has 1 unspecified atom stereocenters. The van der Waals surface area contributed by atoms with Crippen LogP contribution in [0.15, 0.2) is 42.5 Å². The average molecular weight is 384 g/mol. The standard InChI is InChI=1S/C20H20N2O4S/c1-12-7-6-8-14(18(12)23)20(25)26-13(2)19(24)22(3)11-17-21-15-9-4-5-10-16(15)27-17/h4-10,13,23H,11H2,1-3H3. The quantitative estimate of drug-likeness (QED) is 0.681. The maximum Gasteiger partial charge on any atom is 0.342 e. The predicted octanol–water partition coefficient (Wildman–Crippen LogP) is 3.51. The Labute approximate surface area is 161 Å². The van der Waals surface area contributed by atoms with Crippen molar-refractivity contribution in [3.05, 3.63) is 58.6 Å². The Morgan fingerprint density at radius 2 is 1.96 bits per heavy atom. The molecule has 1 aromatic heterocycles. The van der Waals surface area contributed by atoms with Crippen LogP contribution in [0.3, 0.4) is 0 Å². The van der Waals surface area contributed by atoms with Crippen molar-refractivity contribution < 1.29 is 19.4 Å². The highest BCUT2D eigenvalue weighted by Crippen LogP contribution is 2.24. The van der Waals surface area contributed by atoms with Crippen molar-refractivity contribution in [3.8, 4) is 5.75 Å². The lowest BCUT2D eigenvalue weighted by atomic mass is 10.1. The van der Waals surface area contributed by atoms with Gasteiger partial charge in [-0.15, -0.1) is 11.3 Å². The van der Waals surface area contributed by atoms with E-state index in [1.165, 1.54) is 29.2 Å². The van der Waals surface area contributed by atoms with Crippen LogP contribution in [0.2, 0.25) is 0 Å². The van der Waals surface area contributed by atoms with Gasteiger partial charge >= 0.3 is 5.97 Å². The number of carbonyl (C=O) groups is 2. The van der Waals surface area contributed by atoms with Crippen LogP contribution in [-0.4, -0.2) is 40.0 Å². The molecule has 3 rings (SSSR count). The number of phenolic OH excluding ortho intramolecular Hbond substituents is 1. The molecule has 0 aliphatic heterocycles. The Balaban J connectivity index is 1.65. The largest absolute Gasteiger partial charge is 0.507 e. The number of esters is 1. The lowest BCUT2D eigenvalue weighted by Gasteiger charge is -2.20. The highest BCUT2D eigenvalue weighted by Gasteiger charge is 2.24. The van der Waals surface area contributed by atoms with Crippen LogP contribution in [0, 0.1) is 6.92 Å². The maximum absolute atomic E-state index is 12.5. The molecule has 7 heteroatoms. The van der Waals surface area contributed by atoms with E-state index in [0.29, 0.717) is 12.1 Å². The molecular weight excluding hydrogens is 364 g/mol. The SMILES string of the molecule is Cc1cccc(C(=O)OC(C)C(=O)N(C)Cc2nc3ccccc3s2)c1O. The first-order valence-electron chi connectivity index (χ1n) is 8.46. The van der Waals surface area contributed by atoms with Crippen LogP contribution in [0.4, 0.5) is 0 Å². The Kier molecular flexibility index (Phi) is 5.41. The highest BCUT2D eigenvalue weighted by atomic mass is 32.1. The summed E-state index contributed by atoms with van der Waals surface area (Å²) in [5.41, 5.74) is 1.51. The van der Waals surface area contributed by atoms with Crippen LogP contribution in [-0.2, 0) is 16.1 Å². The first-order valence-corrected chi connectivity index (χ1v) is 9.27. The van der Waals surface area contributed by atoms with Crippen molar-refractivity contribution in [1.82, 2.24) is 9.88 Å². The second kappa shape index (κ2) is 7.75. The summed E-state index contributed by atoms with van der Waals surface area (Å²) in [6.07, 6.45) is -0.975. The Morgan fingerprint density at radius 3 is 2.70 bits per heavy atom. The van der Waals surface area contributed by atoms with Crippen molar-refractivity contribution in [2.75, 3.05) is 7.05 Å².